The number of rotatable bonds is 6. The average molecular weight is 241 g/mol. The summed E-state index contributed by atoms with van der Waals surface area (Å²) in [5, 5.41) is 8.48. The molecular weight excluding hydrogens is 226 g/mol. The molecule has 1 aromatic rings. The zero-order chi connectivity index (χ0) is 11.8. The molecule has 1 aromatic carbocycles. The number of hydrogen-bond acceptors (Lipinski definition) is 5. The smallest absolute Gasteiger partial charge is 0.221 e. The lowest BCUT2D eigenvalue weighted by atomic mass is 10.2. The maximum Gasteiger partial charge on any atom is 0.221 e. The molecule has 1 rings (SSSR count). The number of carbonyl (C=O) groups is 1. The molecule has 0 spiro atoms. The van der Waals surface area contributed by atoms with E-state index in [1.807, 2.05) is 0 Å². The van der Waals surface area contributed by atoms with Crippen molar-refractivity contribution in [1.29, 1.82) is 0 Å². The molecule has 88 valence electrons. The minimum Gasteiger partial charge on any atom is -0.399 e. The predicted octanol–water partition coefficient (Wildman–Crippen LogP) is 1.50. The lowest BCUT2D eigenvalue weighted by Crippen LogP contribution is -2.00. The molecule has 0 amide bonds. The van der Waals surface area contributed by atoms with Gasteiger partial charge in [-0.1, -0.05) is 11.8 Å². The summed E-state index contributed by atoms with van der Waals surface area (Å²) in [6.45, 7) is 0.578. The van der Waals surface area contributed by atoms with Crippen LogP contribution in [0.25, 0.3) is 0 Å². The van der Waals surface area contributed by atoms with Crippen molar-refractivity contribution in [3.05, 3.63) is 29.8 Å². The molecule has 0 bridgehead atoms. The number of benzene rings is 1. The predicted molar refractivity (Wildman–Crippen MR) is 65.3 cm³/mol. The molecule has 0 heterocycles. The lowest BCUT2D eigenvalue weighted by molar-refractivity contribution is 0.108. The van der Waals surface area contributed by atoms with Crippen LogP contribution in [0, 0.1) is 0 Å². The van der Waals surface area contributed by atoms with E-state index in [4.69, 9.17) is 15.6 Å². The van der Waals surface area contributed by atoms with Gasteiger partial charge in [-0.15, -0.1) is 0 Å². The van der Waals surface area contributed by atoms with Gasteiger partial charge in [-0.2, -0.15) is 0 Å². The number of ether oxygens (including phenoxy) is 1. The molecule has 3 N–H and O–H groups in total. The second-order valence-electron chi connectivity index (χ2n) is 3.16. The minimum absolute atomic E-state index is 0.0380. The van der Waals surface area contributed by atoms with E-state index >= 15 is 0 Å². The Morgan fingerprint density at radius 2 is 2.06 bits per heavy atom. The zero-order valence-corrected chi connectivity index (χ0v) is 9.70. The molecule has 16 heavy (non-hydrogen) atoms. The minimum atomic E-state index is -0.0380. The van der Waals surface area contributed by atoms with Gasteiger partial charge in [-0.3, -0.25) is 4.79 Å². The number of thioether (sulfide) groups is 1. The third kappa shape index (κ3) is 4.65. The Morgan fingerprint density at radius 1 is 1.38 bits per heavy atom. The summed E-state index contributed by atoms with van der Waals surface area (Å²) >= 11 is 1.10. The van der Waals surface area contributed by atoms with Crippen molar-refractivity contribution in [3.63, 3.8) is 0 Å². The van der Waals surface area contributed by atoms with E-state index < -0.39 is 0 Å². The zero-order valence-electron chi connectivity index (χ0n) is 8.89. The largest absolute Gasteiger partial charge is 0.399 e. The fourth-order valence-electron chi connectivity index (χ4n) is 1.02. The molecule has 0 atom stereocenters. The van der Waals surface area contributed by atoms with Crippen LogP contribution >= 0.6 is 11.8 Å². The number of nitrogens with two attached hydrogens (primary N) is 1. The van der Waals surface area contributed by atoms with E-state index in [1.165, 1.54) is 0 Å². The van der Waals surface area contributed by atoms with E-state index in [0.717, 1.165) is 11.8 Å². The maximum atomic E-state index is 11.6. The summed E-state index contributed by atoms with van der Waals surface area (Å²) in [5.41, 5.74) is 6.77. The number of carbonyl (C=O) groups excluding carboxylic acids is 1. The number of hydrogen-bond donors (Lipinski definition) is 2. The number of anilines is 1. The molecular formula is C11H15NO3S. The van der Waals surface area contributed by atoms with Crippen molar-refractivity contribution in [2.45, 2.75) is 6.42 Å². The van der Waals surface area contributed by atoms with Gasteiger partial charge in [-0.05, 0) is 30.7 Å². The molecule has 0 aliphatic heterocycles. The highest BCUT2D eigenvalue weighted by Crippen LogP contribution is 2.14. The number of aliphatic hydroxyl groups is 1. The first-order valence-electron chi connectivity index (χ1n) is 4.95. The summed E-state index contributed by atoms with van der Waals surface area (Å²) in [6.07, 6.45) is 0.594. The van der Waals surface area contributed by atoms with Crippen LogP contribution in [-0.2, 0) is 4.74 Å². The Hall–Kier alpha value is -1.04. The van der Waals surface area contributed by atoms with Crippen molar-refractivity contribution in [3.8, 4) is 0 Å². The van der Waals surface area contributed by atoms with Crippen LogP contribution in [0.3, 0.4) is 0 Å². The van der Waals surface area contributed by atoms with Crippen molar-refractivity contribution >= 4 is 22.6 Å². The van der Waals surface area contributed by atoms with Gasteiger partial charge in [0.15, 0.2) is 0 Å². The van der Waals surface area contributed by atoms with Crippen LogP contribution < -0.4 is 5.73 Å². The molecule has 0 fully saturated rings. The van der Waals surface area contributed by atoms with E-state index in [-0.39, 0.29) is 11.7 Å². The Bertz CT molecular complexity index is 327. The summed E-state index contributed by atoms with van der Waals surface area (Å²) in [6, 6.07) is 6.78. The summed E-state index contributed by atoms with van der Waals surface area (Å²) in [7, 11) is 0. The van der Waals surface area contributed by atoms with Crippen LogP contribution in [0.1, 0.15) is 16.8 Å². The van der Waals surface area contributed by atoms with Crippen LogP contribution in [0.2, 0.25) is 0 Å². The van der Waals surface area contributed by atoms with Crippen LogP contribution in [0.4, 0.5) is 5.69 Å². The molecule has 5 heteroatoms. The monoisotopic (exact) mass is 241 g/mol. The highest BCUT2D eigenvalue weighted by Gasteiger charge is 2.05. The Balaban J connectivity index is 2.27. The molecule has 4 nitrogen and oxygen atoms in total. The third-order valence-electron chi connectivity index (χ3n) is 1.87. The Morgan fingerprint density at radius 3 is 2.69 bits per heavy atom. The third-order valence-corrected chi connectivity index (χ3v) is 2.65. The first-order valence-corrected chi connectivity index (χ1v) is 5.94. The SMILES string of the molecule is Nc1ccc(C(=O)SCOCCCO)cc1. The van der Waals surface area contributed by atoms with Gasteiger partial charge < -0.3 is 15.6 Å². The Kier molecular flexibility index (Phi) is 5.92. The standard InChI is InChI=1S/C11H15NO3S/c12-10-4-2-9(3-5-10)11(14)16-8-15-7-1-6-13/h2-5,13H,1,6-8,12H2. The fourth-order valence-corrected chi connectivity index (χ4v) is 1.63. The topological polar surface area (TPSA) is 72.6 Å². The maximum absolute atomic E-state index is 11.6. The van der Waals surface area contributed by atoms with Crippen LogP contribution in [-0.4, -0.2) is 29.4 Å². The van der Waals surface area contributed by atoms with Crippen molar-refractivity contribution in [2.75, 3.05) is 24.9 Å². The average Bonchev–Trinajstić information content (AvgIpc) is 2.29. The highest BCUT2D eigenvalue weighted by atomic mass is 32.2. The number of aliphatic hydroxyl groups excluding tert-OH is 1. The molecule has 0 saturated carbocycles. The van der Waals surface area contributed by atoms with E-state index in [2.05, 4.69) is 0 Å². The van der Waals surface area contributed by atoms with E-state index in [1.54, 1.807) is 24.3 Å². The molecule has 0 saturated heterocycles. The molecule has 0 radical (unpaired) electrons. The van der Waals surface area contributed by atoms with Crippen LogP contribution in [0.5, 0.6) is 0 Å². The van der Waals surface area contributed by atoms with Gasteiger partial charge in [0, 0.05) is 24.5 Å². The highest BCUT2D eigenvalue weighted by molar-refractivity contribution is 8.14. The molecule has 0 aliphatic rings. The summed E-state index contributed by atoms with van der Waals surface area (Å²) < 4.78 is 5.15. The lowest BCUT2D eigenvalue weighted by Gasteiger charge is -2.02. The van der Waals surface area contributed by atoms with Gasteiger partial charge in [0.1, 0.15) is 0 Å². The van der Waals surface area contributed by atoms with Gasteiger partial charge in [0.2, 0.25) is 5.12 Å². The molecule has 0 unspecified atom stereocenters. The summed E-state index contributed by atoms with van der Waals surface area (Å²) in [4.78, 5) is 11.6. The summed E-state index contributed by atoms with van der Waals surface area (Å²) in [5.74, 6) is 0.309. The van der Waals surface area contributed by atoms with Gasteiger partial charge >= 0.3 is 0 Å². The van der Waals surface area contributed by atoms with Crippen molar-refractivity contribution < 1.29 is 14.6 Å². The number of nitrogen functional groups attached to an aromatic ring is 1. The van der Waals surface area contributed by atoms with Crippen LogP contribution in [0.15, 0.2) is 24.3 Å². The van der Waals surface area contributed by atoms with Gasteiger partial charge in [0.25, 0.3) is 0 Å². The second-order valence-corrected chi connectivity index (χ2v) is 4.05. The molecule has 0 aliphatic carbocycles. The first-order chi connectivity index (χ1) is 7.74. The fraction of sp³-hybridized carbons (Fsp3) is 0.364. The van der Waals surface area contributed by atoms with Crippen molar-refractivity contribution in [1.82, 2.24) is 0 Å². The molecule has 0 aromatic heterocycles. The van der Waals surface area contributed by atoms with E-state index in [0.29, 0.717) is 30.2 Å². The normalized spacial score (nSPS) is 10.3. The Labute approximate surface area is 98.8 Å². The van der Waals surface area contributed by atoms with Gasteiger partial charge in [-0.25, -0.2) is 0 Å². The quantitative estimate of drug-likeness (QED) is 0.448. The second kappa shape index (κ2) is 7.27. The first kappa shape index (κ1) is 13.0. The van der Waals surface area contributed by atoms with E-state index in [9.17, 15) is 4.79 Å². The van der Waals surface area contributed by atoms with Gasteiger partial charge in [0.05, 0.1) is 5.94 Å². The van der Waals surface area contributed by atoms with Crippen molar-refractivity contribution in [2.24, 2.45) is 0 Å².